The highest BCUT2D eigenvalue weighted by atomic mass is 16.5. The molecule has 1 saturated heterocycles. The minimum atomic E-state index is -0.414. The summed E-state index contributed by atoms with van der Waals surface area (Å²) in [5.74, 6) is 0.824. The van der Waals surface area contributed by atoms with E-state index in [1.165, 1.54) is 25.9 Å². The molecule has 0 radical (unpaired) electrons. The molecular weight excluding hydrogens is 288 g/mol. The molecule has 4 rings (SSSR count). The van der Waals surface area contributed by atoms with Gasteiger partial charge in [0.15, 0.2) is 0 Å². The third kappa shape index (κ3) is 2.63. The summed E-state index contributed by atoms with van der Waals surface area (Å²) in [5.41, 5.74) is 4.15. The summed E-state index contributed by atoms with van der Waals surface area (Å²) in [6.07, 6.45) is 2.59. The number of nitrogens with zero attached hydrogens (tertiary/aromatic N) is 2. The molecule has 1 unspecified atom stereocenters. The van der Waals surface area contributed by atoms with Gasteiger partial charge >= 0.3 is 0 Å². The lowest BCUT2D eigenvalue weighted by molar-refractivity contribution is 0.237. The maximum Gasteiger partial charge on any atom is 0.143 e. The van der Waals surface area contributed by atoms with Gasteiger partial charge in [-0.05, 0) is 60.3 Å². The Hall–Kier alpha value is -2.20. The number of likely N-dealkylation sites (tertiary alicyclic amines) is 1. The minimum absolute atomic E-state index is 0.414. The standard InChI is InChI=1S/C19H20N2O2/c22-20-19-17-6-2-1-5-15(17)16-8-7-14(13-18(16)19)23-12-11-21-9-3-4-10-21/h1-2,5-8,13,19H,3-4,9-12H2. The van der Waals surface area contributed by atoms with Crippen LogP contribution in [-0.4, -0.2) is 31.1 Å². The van der Waals surface area contributed by atoms with E-state index in [9.17, 15) is 4.91 Å². The van der Waals surface area contributed by atoms with Crippen LogP contribution in [0.2, 0.25) is 0 Å². The fourth-order valence-electron chi connectivity index (χ4n) is 3.66. The highest BCUT2D eigenvalue weighted by Crippen LogP contribution is 2.46. The van der Waals surface area contributed by atoms with Crippen molar-refractivity contribution in [3.05, 3.63) is 58.5 Å². The first kappa shape index (κ1) is 14.4. The van der Waals surface area contributed by atoms with Crippen molar-refractivity contribution in [3.8, 4) is 16.9 Å². The monoisotopic (exact) mass is 308 g/mol. The third-order valence-electron chi connectivity index (χ3n) is 4.84. The molecular formula is C19H20N2O2. The molecule has 1 heterocycles. The summed E-state index contributed by atoms with van der Waals surface area (Å²) in [6, 6.07) is 13.6. The fourth-order valence-corrected chi connectivity index (χ4v) is 3.66. The van der Waals surface area contributed by atoms with E-state index in [2.05, 4.69) is 10.1 Å². The lowest BCUT2D eigenvalue weighted by Gasteiger charge is -2.15. The Balaban J connectivity index is 1.52. The molecule has 0 amide bonds. The molecule has 0 aromatic heterocycles. The van der Waals surface area contributed by atoms with Crippen LogP contribution in [0.1, 0.15) is 30.0 Å². The number of nitroso groups, excluding NO2 is 1. The molecule has 0 spiro atoms. The van der Waals surface area contributed by atoms with Gasteiger partial charge in [-0.3, -0.25) is 4.90 Å². The summed E-state index contributed by atoms with van der Waals surface area (Å²) in [7, 11) is 0. The van der Waals surface area contributed by atoms with Crippen molar-refractivity contribution in [1.29, 1.82) is 0 Å². The van der Waals surface area contributed by atoms with Crippen LogP contribution in [0.25, 0.3) is 11.1 Å². The summed E-state index contributed by atoms with van der Waals surface area (Å²) in [6.45, 7) is 4.01. The van der Waals surface area contributed by atoms with Crippen LogP contribution in [0.3, 0.4) is 0 Å². The van der Waals surface area contributed by atoms with Crippen LogP contribution in [0, 0.1) is 4.91 Å². The summed E-state index contributed by atoms with van der Waals surface area (Å²) < 4.78 is 5.90. The maximum absolute atomic E-state index is 11.3. The molecule has 118 valence electrons. The van der Waals surface area contributed by atoms with Crippen molar-refractivity contribution in [2.45, 2.75) is 18.9 Å². The van der Waals surface area contributed by atoms with Crippen molar-refractivity contribution in [2.75, 3.05) is 26.2 Å². The predicted octanol–water partition coefficient (Wildman–Crippen LogP) is 4.00. The Morgan fingerprint density at radius 1 is 1.04 bits per heavy atom. The number of rotatable bonds is 5. The van der Waals surface area contributed by atoms with E-state index in [0.717, 1.165) is 34.5 Å². The largest absolute Gasteiger partial charge is 0.492 e. The van der Waals surface area contributed by atoms with Crippen molar-refractivity contribution < 1.29 is 4.74 Å². The number of hydrogen-bond acceptors (Lipinski definition) is 4. The molecule has 0 N–H and O–H groups in total. The van der Waals surface area contributed by atoms with E-state index < -0.39 is 6.04 Å². The van der Waals surface area contributed by atoms with E-state index >= 15 is 0 Å². The van der Waals surface area contributed by atoms with Crippen LogP contribution in [0.15, 0.2) is 47.6 Å². The fraction of sp³-hybridized carbons (Fsp3) is 0.368. The average molecular weight is 308 g/mol. The molecule has 2 aliphatic rings. The zero-order valence-corrected chi connectivity index (χ0v) is 13.1. The Morgan fingerprint density at radius 2 is 1.83 bits per heavy atom. The summed E-state index contributed by atoms with van der Waals surface area (Å²) in [5, 5.41) is 3.34. The van der Waals surface area contributed by atoms with E-state index in [4.69, 9.17) is 4.74 Å². The van der Waals surface area contributed by atoms with Gasteiger partial charge in [0, 0.05) is 6.54 Å². The van der Waals surface area contributed by atoms with Gasteiger partial charge in [0.2, 0.25) is 0 Å². The molecule has 1 atom stereocenters. The number of hydrogen-bond donors (Lipinski definition) is 0. The quantitative estimate of drug-likeness (QED) is 0.784. The highest BCUT2D eigenvalue weighted by molar-refractivity contribution is 5.79. The van der Waals surface area contributed by atoms with E-state index in [1.807, 2.05) is 42.5 Å². The van der Waals surface area contributed by atoms with Crippen LogP contribution in [0.5, 0.6) is 5.75 Å². The molecule has 1 fully saturated rings. The van der Waals surface area contributed by atoms with Gasteiger partial charge in [0.25, 0.3) is 0 Å². The first-order valence-corrected chi connectivity index (χ1v) is 8.27. The topological polar surface area (TPSA) is 41.9 Å². The Kier molecular flexibility index (Phi) is 3.83. The Bertz CT molecular complexity index is 723. The van der Waals surface area contributed by atoms with Crippen molar-refractivity contribution in [2.24, 2.45) is 5.18 Å². The zero-order valence-electron chi connectivity index (χ0n) is 13.1. The molecule has 1 aliphatic carbocycles. The predicted molar refractivity (Wildman–Crippen MR) is 90.7 cm³/mol. The zero-order chi connectivity index (χ0) is 15.6. The van der Waals surface area contributed by atoms with Crippen LogP contribution in [-0.2, 0) is 0 Å². The first-order valence-electron chi connectivity index (χ1n) is 8.27. The molecule has 1 aliphatic heterocycles. The smallest absolute Gasteiger partial charge is 0.143 e. The number of benzene rings is 2. The number of fused-ring (bicyclic) bond motifs is 3. The van der Waals surface area contributed by atoms with Crippen molar-refractivity contribution in [1.82, 2.24) is 4.90 Å². The normalized spacial score (nSPS) is 19.4. The lowest BCUT2D eigenvalue weighted by Crippen LogP contribution is -2.25. The highest BCUT2D eigenvalue weighted by Gasteiger charge is 2.29. The molecule has 2 aromatic carbocycles. The van der Waals surface area contributed by atoms with Gasteiger partial charge in [-0.15, -0.1) is 4.91 Å². The summed E-state index contributed by atoms with van der Waals surface area (Å²) >= 11 is 0. The van der Waals surface area contributed by atoms with Crippen LogP contribution < -0.4 is 4.74 Å². The lowest BCUT2D eigenvalue weighted by atomic mass is 10.1. The molecule has 4 nitrogen and oxygen atoms in total. The second kappa shape index (κ2) is 6.13. The Morgan fingerprint density at radius 3 is 2.65 bits per heavy atom. The third-order valence-corrected chi connectivity index (χ3v) is 4.84. The van der Waals surface area contributed by atoms with Crippen LogP contribution >= 0.6 is 0 Å². The van der Waals surface area contributed by atoms with Gasteiger partial charge in [-0.1, -0.05) is 35.5 Å². The van der Waals surface area contributed by atoms with Crippen molar-refractivity contribution >= 4 is 0 Å². The molecule has 0 saturated carbocycles. The maximum atomic E-state index is 11.3. The van der Waals surface area contributed by atoms with Gasteiger partial charge in [0.1, 0.15) is 18.4 Å². The summed E-state index contributed by atoms with van der Waals surface area (Å²) in [4.78, 5) is 13.8. The average Bonchev–Trinajstić information content (AvgIpc) is 3.20. The van der Waals surface area contributed by atoms with E-state index in [1.54, 1.807) is 0 Å². The first-order chi connectivity index (χ1) is 11.4. The second-order valence-corrected chi connectivity index (χ2v) is 6.24. The molecule has 2 aromatic rings. The minimum Gasteiger partial charge on any atom is -0.492 e. The van der Waals surface area contributed by atoms with Gasteiger partial charge in [0.05, 0.1) is 0 Å². The Labute approximate surface area is 136 Å². The van der Waals surface area contributed by atoms with E-state index in [0.29, 0.717) is 6.61 Å². The molecule has 4 heteroatoms. The van der Waals surface area contributed by atoms with Gasteiger partial charge < -0.3 is 4.74 Å². The van der Waals surface area contributed by atoms with Gasteiger partial charge in [-0.25, -0.2) is 0 Å². The van der Waals surface area contributed by atoms with Crippen molar-refractivity contribution in [3.63, 3.8) is 0 Å². The SMILES string of the molecule is O=NC1c2ccccc2-c2ccc(OCCN3CCCC3)cc21. The van der Waals surface area contributed by atoms with Crippen LogP contribution in [0.4, 0.5) is 0 Å². The second-order valence-electron chi connectivity index (χ2n) is 6.24. The molecule has 0 bridgehead atoms. The molecule has 23 heavy (non-hydrogen) atoms. The number of ether oxygens (including phenoxy) is 1. The van der Waals surface area contributed by atoms with E-state index in [-0.39, 0.29) is 0 Å². The van der Waals surface area contributed by atoms with Gasteiger partial charge in [-0.2, -0.15) is 0 Å².